The number of hydrogen-bond donors (Lipinski definition) is 1. The summed E-state index contributed by atoms with van der Waals surface area (Å²) >= 11 is 3.08. The molecule has 1 aromatic carbocycles. The van der Waals surface area contributed by atoms with Gasteiger partial charge in [-0.2, -0.15) is 5.26 Å². The minimum Gasteiger partial charge on any atom is -0.378 e. The summed E-state index contributed by atoms with van der Waals surface area (Å²) in [6.07, 6.45) is 0.879. The molecule has 0 atom stereocenters. The van der Waals surface area contributed by atoms with E-state index in [-0.39, 0.29) is 10.0 Å². The lowest BCUT2D eigenvalue weighted by Crippen LogP contribution is -2.30. The predicted molar refractivity (Wildman–Crippen MR) is 66.8 cm³/mol. The quantitative estimate of drug-likeness (QED) is 0.909. The normalized spacial score (nSPS) is 11.0. The van der Waals surface area contributed by atoms with Gasteiger partial charge in [-0.3, -0.25) is 0 Å². The highest BCUT2D eigenvalue weighted by molar-refractivity contribution is 9.10. The van der Waals surface area contributed by atoms with E-state index in [0.717, 1.165) is 6.42 Å². The number of nitrogens with one attached hydrogen (secondary N) is 1. The Morgan fingerprint density at radius 2 is 2.12 bits per heavy atom. The van der Waals surface area contributed by atoms with E-state index in [1.807, 2.05) is 26.8 Å². The second kappa shape index (κ2) is 4.84. The summed E-state index contributed by atoms with van der Waals surface area (Å²) in [5.74, 6) is -0.416. The summed E-state index contributed by atoms with van der Waals surface area (Å²) in [7, 11) is 0. The van der Waals surface area contributed by atoms with Crippen LogP contribution in [0.15, 0.2) is 16.6 Å². The molecule has 0 aromatic heterocycles. The first-order valence-corrected chi connectivity index (χ1v) is 5.87. The van der Waals surface area contributed by atoms with Crippen LogP contribution in [0.5, 0.6) is 0 Å². The summed E-state index contributed by atoms with van der Waals surface area (Å²) in [6.45, 7) is 6.03. The fourth-order valence-electron chi connectivity index (χ4n) is 1.19. The molecule has 1 aromatic rings. The minimum atomic E-state index is -0.416. The lowest BCUT2D eigenvalue weighted by atomic mass is 10.0. The molecule has 0 heterocycles. The number of anilines is 1. The SMILES string of the molecule is CCC(C)(C)Nc1ccc(C#N)c(Br)c1F. The lowest BCUT2D eigenvalue weighted by Gasteiger charge is -2.26. The van der Waals surface area contributed by atoms with E-state index < -0.39 is 5.82 Å². The van der Waals surface area contributed by atoms with Gasteiger partial charge in [-0.25, -0.2) is 4.39 Å². The second-order valence-corrected chi connectivity index (χ2v) is 5.06. The molecule has 0 saturated carbocycles. The average Bonchev–Trinajstić information content (AvgIpc) is 2.25. The van der Waals surface area contributed by atoms with Crippen LogP contribution < -0.4 is 5.32 Å². The van der Waals surface area contributed by atoms with Crippen LogP contribution in [0.3, 0.4) is 0 Å². The van der Waals surface area contributed by atoms with Crippen molar-refractivity contribution in [1.29, 1.82) is 5.26 Å². The van der Waals surface area contributed by atoms with Gasteiger partial charge in [0, 0.05) is 5.54 Å². The van der Waals surface area contributed by atoms with Crippen LogP contribution in [-0.4, -0.2) is 5.54 Å². The molecule has 0 amide bonds. The van der Waals surface area contributed by atoms with Crippen molar-refractivity contribution in [2.75, 3.05) is 5.32 Å². The standard InChI is InChI=1S/C12H14BrFN2/c1-4-12(2,3)16-9-6-5-8(7-15)10(13)11(9)14/h5-6,16H,4H2,1-3H3. The Balaban J connectivity index is 3.10. The van der Waals surface area contributed by atoms with Gasteiger partial charge in [-0.05, 0) is 48.3 Å². The smallest absolute Gasteiger partial charge is 0.161 e. The van der Waals surface area contributed by atoms with Crippen LogP contribution in [0.1, 0.15) is 32.8 Å². The number of nitriles is 1. The molecule has 2 nitrogen and oxygen atoms in total. The fourth-order valence-corrected chi connectivity index (χ4v) is 1.62. The first kappa shape index (κ1) is 13.0. The molecule has 0 unspecified atom stereocenters. The Kier molecular flexibility index (Phi) is 3.93. The van der Waals surface area contributed by atoms with E-state index in [2.05, 4.69) is 21.2 Å². The minimum absolute atomic E-state index is 0.172. The number of hydrogen-bond acceptors (Lipinski definition) is 2. The highest BCUT2D eigenvalue weighted by Crippen LogP contribution is 2.28. The van der Waals surface area contributed by atoms with Gasteiger partial charge in [-0.1, -0.05) is 6.92 Å². The maximum Gasteiger partial charge on any atom is 0.161 e. The molecule has 1 N–H and O–H groups in total. The van der Waals surface area contributed by atoms with Crippen molar-refractivity contribution in [1.82, 2.24) is 0 Å². The molecule has 1 rings (SSSR count). The van der Waals surface area contributed by atoms with Crippen LogP contribution in [-0.2, 0) is 0 Å². The topological polar surface area (TPSA) is 35.8 Å². The molecule has 0 aliphatic carbocycles. The van der Waals surface area contributed by atoms with Crippen LogP contribution >= 0.6 is 15.9 Å². The monoisotopic (exact) mass is 284 g/mol. The maximum absolute atomic E-state index is 13.9. The molecule has 0 saturated heterocycles. The molecule has 4 heteroatoms. The maximum atomic E-state index is 13.9. The number of benzene rings is 1. The third kappa shape index (κ3) is 2.73. The van der Waals surface area contributed by atoms with E-state index in [1.165, 1.54) is 0 Å². The molecular formula is C12H14BrFN2. The van der Waals surface area contributed by atoms with Crippen LogP contribution in [0.4, 0.5) is 10.1 Å². The first-order valence-electron chi connectivity index (χ1n) is 5.07. The average molecular weight is 285 g/mol. The highest BCUT2D eigenvalue weighted by atomic mass is 79.9. The van der Waals surface area contributed by atoms with Crippen molar-refractivity contribution >= 4 is 21.6 Å². The molecule has 0 fully saturated rings. The Morgan fingerprint density at radius 3 is 2.62 bits per heavy atom. The number of rotatable bonds is 3. The van der Waals surface area contributed by atoms with Gasteiger partial charge in [0.1, 0.15) is 6.07 Å². The van der Waals surface area contributed by atoms with Crippen molar-refractivity contribution in [2.24, 2.45) is 0 Å². The van der Waals surface area contributed by atoms with Crippen LogP contribution in [0.25, 0.3) is 0 Å². The van der Waals surface area contributed by atoms with Crippen LogP contribution in [0.2, 0.25) is 0 Å². The Morgan fingerprint density at radius 1 is 1.50 bits per heavy atom. The molecule has 0 spiro atoms. The van der Waals surface area contributed by atoms with Gasteiger partial charge in [0.15, 0.2) is 5.82 Å². The van der Waals surface area contributed by atoms with E-state index in [4.69, 9.17) is 5.26 Å². The second-order valence-electron chi connectivity index (χ2n) is 4.26. The zero-order valence-corrected chi connectivity index (χ0v) is 11.2. The molecule has 0 aliphatic heterocycles. The van der Waals surface area contributed by atoms with Gasteiger partial charge < -0.3 is 5.32 Å². The van der Waals surface area contributed by atoms with E-state index in [0.29, 0.717) is 11.3 Å². The van der Waals surface area contributed by atoms with Gasteiger partial charge in [0.05, 0.1) is 15.7 Å². The Bertz CT molecular complexity index is 435. The van der Waals surface area contributed by atoms with Crippen molar-refractivity contribution in [3.8, 4) is 6.07 Å². The summed E-state index contributed by atoms with van der Waals surface area (Å²) in [4.78, 5) is 0. The van der Waals surface area contributed by atoms with Gasteiger partial charge >= 0.3 is 0 Å². The van der Waals surface area contributed by atoms with Crippen molar-refractivity contribution in [3.05, 3.63) is 28.0 Å². The third-order valence-corrected chi connectivity index (χ3v) is 3.33. The molecule has 0 aliphatic rings. The zero-order valence-electron chi connectivity index (χ0n) is 9.56. The predicted octanol–water partition coefficient (Wildman–Crippen LogP) is 4.06. The van der Waals surface area contributed by atoms with Gasteiger partial charge in [0.2, 0.25) is 0 Å². The third-order valence-electron chi connectivity index (χ3n) is 2.56. The summed E-state index contributed by atoms with van der Waals surface area (Å²) < 4.78 is 14.1. The van der Waals surface area contributed by atoms with Crippen molar-refractivity contribution in [2.45, 2.75) is 32.7 Å². The van der Waals surface area contributed by atoms with Crippen molar-refractivity contribution in [3.63, 3.8) is 0 Å². The first-order chi connectivity index (χ1) is 7.41. The Labute approximate surface area is 104 Å². The largest absolute Gasteiger partial charge is 0.378 e. The van der Waals surface area contributed by atoms with E-state index >= 15 is 0 Å². The van der Waals surface area contributed by atoms with Gasteiger partial charge in [0.25, 0.3) is 0 Å². The van der Waals surface area contributed by atoms with Gasteiger partial charge in [-0.15, -0.1) is 0 Å². The zero-order chi connectivity index (χ0) is 12.3. The van der Waals surface area contributed by atoms with E-state index in [9.17, 15) is 4.39 Å². The molecule has 86 valence electrons. The summed E-state index contributed by atoms with van der Waals surface area (Å²) in [6, 6.07) is 5.12. The molecule has 16 heavy (non-hydrogen) atoms. The lowest BCUT2D eigenvalue weighted by molar-refractivity contribution is 0.536. The molecule has 0 radical (unpaired) electrons. The Hall–Kier alpha value is -1.08. The fraction of sp³-hybridized carbons (Fsp3) is 0.417. The summed E-state index contributed by atoms with van der Waals surface area (Å²) in [5.41, 5.74) is 0.545. The van der Waals surface area contributed by atoms with E-state index in [1.54, 1.807) is 12.1 Å². The number of nitrogens with zero attached hydrogens (tertiary/aromatic N) is 1. The number of halogens is 2. The molecular weight excluding hydrogens is 271 g/mol. The summed E-state index contributed by atoms with van der Waals surface area (Å²) in [5, 5.41) is 11.9. The molecule has 0 bridgehead atoms. The highest BCUT2D eigenvalue weighted by Gasteiger charge is 2.18. The van der Waals surface area contributed by atoms with Crippen LogP contribution in [0, 0.1) is 17.1 Å². The van der Waals surface area contributed by atoms with Crippen molar-refractivity contribution < 1.29 is 4.39 Å².